The molecule has 0 aromatic rings. The number of carbonyl (C=O) groups excluding carboxylic acids is 1. The molecular weight excluding hydrogens is 290 g/mol. The Morgan fingerprint density at radius 2 is 1.82 bits per heavy atom. The number of rotatable bonds is 5. The molecule has 0 aromatic heterocycles. The van der Waals surface area contributed by atoms with Crippen LogP contribution in [0.2, 0.25) is 0 Å². The molecular formula is C15H25NO6. The van der Waals surface area contributed by atoms with Crippen LogP contribution >= 0.6 is 0 Å². The fraction of sp³-hybridized carbons (Fsp3) is 0.933. The lowest BCUT2D eigenvalue weighted by atomic mass is 9.94. The maximum Gasteiger partial charge on any atom is 0.410 e. The first-order valence-electron chi connectivity index (χ1n) is 7.92. The molecule has 3 fully saturated rings. The van der Waals surface area contributed by atoms with Gasteiger partial charge in [0.2, 0.25) is 0 Å². The molecule has 1 amide bonds. The molecule has 7 heteroatoms. The fourth-order valence-corrected chi connectivity index (χ4v) is 3.71. The van der Waals surface area contributed by atoms with Crippen molar-refractivity contribution >= 4 is 6.09 Å². The van der Waals surface area contributed by atoms with Crippen molar-refractivity contribution in [1.82, 2.24) is 4.90 Å². The van der Waals surface area contributed by atoms with Gasteiger partial charge in [-0.3, -0.25) is 4.90 Å². The Morgan fingerprint density at radius 1 is 1.18 bits per heavy atom. The summed E-state index contributed by atoms with van der Waals surface area (Å²) in [4.78, 5) is 13.7. The first-order chi connectivity index (χ1) is 10.6. The zero-order chi connectivity index (χ0) is 15.7. The van der Waals surface area contributed by atoms with Crippen LogP contribution in [0.15, 0.2) is 0 Å². The summed E-state index contributed by atoms with van der Waals surface area (Å²) in [6.45, 7) is 3.18. The minimum atomic E-state index is -0.616. The van der Waals surface area contributed by atoms with Crippen molar-refractivity contribution in [3.05, 3.63) is 0 Å². The van der Waals surface area contributed by atoms with Crippen molar-refractivity contribution in [1.29, 1.82) is 0 Å². The van der Waals surface area contributed by atoms with Crippen molar-refractivity contribution in [3.8, 4) is 0 Å². The molecule has 4 atom stereocenters. The van der Waals surface area contributed by atoms with Crippen LogP contribution in [0.4, 0.5) is 4.79 Å². The van der Waals surface area contributed by atoms with Crippen LogP contribution in [0.25, 0.3) is 0 Å². The van der Waals surface area contributed by atoms with E-state index in [9.17, 15) is 4.79 Å². The number of methoxy groups -OCH3 is 2. The van der Waals surface area contributed by atoms with Gasteiger partial charge in [-0.2, -0.15) is 0 Å². The maximum atomic E-state index is 11.9. The van der Waals surface area contributed by atoms with Crippen molar-refractivity contribution in [2.45, 2.75) is 56.3 Å². The van der Waals surface area contributed by atoms with E-state index in [2.05, 4.69) is 0 Å². The maximum absolute atomic E-state index is 11.9. The molecule has 0 aromatic carbocycles. The minimum Gasteiger partial charge on any atom is -0.450 e. The molecule has 2 aliphatic heterocycles. The minimum absolute atomic E-state index is 0.128. The lowest BCUT2D eigenvalue weighted by Crippen LogP contribution is -2.37. The average molecular weight is 315 g/mol. The average Bonchev–Trinajstić information content (AvgIpc) is 3.10. The van der Waals surface area contributed by atoms with E-state index in [1.165, 1.54) is 0 Å². The molecule has 1 spiro atoms. The summed E-state index contributed by atoms with van der Waals surface area (Å²) in [5.41, 5.74) is 0. The van der Waals surface area contributed by atoms with Crippen LogP contribution in [0.3, 0.4) is 0 Å². The normalized spacial score (nSPS) is 35.5. The zero-order valence-corrected chi connectivity index (χ0v) is 13.4. The molecule has 2 unspecified atom stereocenters. The smallest absolute Gasteiger partial charge is 0.410 e. The van der Waals surface area contributed by atoms with Gasteiger partial charge in [0.25, 0.3) is 0 Å². The third-order valence-electron chi connectivity index (χ3n) is 4.70. The number of hydrogen-bond acceptors (Lipinski definition) is 6. The van der Waals surface area contributed by atoms with Crippen LogP contribution in [-0.2, 0) is 23.7 Å². The Morgan fingerprint density at radius 3 is 2.36 bits per heavy atom. The zero-order valence-electron chi connectivity index (χ0n) is 13.4. The summed E-state index contributed by atoms with van der Waals surface area (Å²) >= 11 is 0. The molecule has 3 aliphatic rings. The van der Waals surface area contributed by atoms with Gasteiger partial charge in [-0.1, -0.05) is 0 Å². The molecule has 2 heterocycles. The molecule has 1 saturated carbocycles. The van der Waals surface area contributed by atoms with E-state index in [-0.39, 0.29) is 30.4 Å². The highest BCUT2D eigenvalue weighted by atomic mass is 16.8. The van der Waals surface area contributed by atoms with E-state index in [1.54, 1.807) is 19.1 Å². The number of nitrogens with zero attached hydrogens (tertiary/aromatic N) is 1. The van der Waals surface area contributed by atoms with Gasteiger partial charge in [-0.15, -0.1) is 0 Å². The van der Waals surface area contributed by atoms with Gasteiger partial charge < -0.3 is 23.7 Å². The van der Waals surface area contributed by atoms with Crippen LogP contribution in [0.5, 0.6) is 0 Å². The monoisotopic (exact) mass is 315 g/mol. The SMILES string of the molecule is CCOC(=O)N1C2CCC3(CC21)O[C@H](COC)[C@@H](COC)O3. The van der Waals surface area contributed by atoms with E-state index in [1.807, 2.05) is 6.92 Å². The highest BCUT2D eigenvalue weighted by Crippen LogP contribution is 2.50. The number of amides is 1. The third kappa shape index (κ3) is 2.82. The number of hydrogen-bond donors (Lipinski definition) is 0. The molecule has 0 N–H and O–H groups in total. The lowest BCUT2D eigenvalue weighted by Gasteiger charge is -2.30. The first-order valence-corrected chi connectivity index (χ1v) is 7.92. The van der Waals surface area contributed by atoms with E-state index in [4.69, 9.17) is 23.7 Å². The van der Waals surface area contributed by atoms with Crippen LogP contribution in [0, 0.1) is 0 Å². The Balaban J connectivity index is 1.63. The van der Waals surface area contributed by atoms with Crippen molar-refractivity contribution < 1.29 is 28.5 Å². The second-order valence-corrected chi connectivity index (χ2v) is 6.12. The Hall–Kier alpha value is -0.890. The summed E-state index contributed by atoms with van der Waals surface area (Å²) in [5, 5.41) is 0. The molecule has 0 bridgehead atoms. The second-order valence-electron chi connectivity index (χ2n) is 6.12. The van der Waals surface area contributed by atoms with Crippen LogP contribution < -0.4 is 0 Å². The third-order valence-corrected chi connectivity index (χ3v) is 4.70. The van der Waals surface area contributed by atoms with Gasteiger partial charge in [0, 0.05) is 27.1 Å². The van der Waals surface area contributed by atoms with Crippen LogP contribution in [-0.4, -0.2) is 75.1 Å². The number of fused-ring (bicyclic) bond motifs is 1. The molecule has 3 rings (SSSR count). The van der Waals surface area contributed by atoms with Gasteiger partial charge in [-0.05, 0) is 13.3 Å². The van der Waals surface area contributed by atoms with Gasteiger partial charge in [0.1, 0.15) is 12.2 Å². The van der Waals surface area contributed by atoms with E-state index < -0.39 is 5.79 Å². The molecule has 7 nitrogen and oxygen atoms in total. The molecule has 1 aliphatic carbocycles. The van der Waals surface area contributed by atoms with Crippen molar-refractivity contribution in [2.75, 3.05) is 34.0 Å². The van der Waals surface area contributed by atoms with Crippen LogP contribution in [0.1, 0.15) is 26.2 Å². The molecule has 22 heavy (non-hydrogen) atoms. The summed E-state index contributed by atoms with van der Waals surface area (Å²) < 4.78 is 27.9. The molecule has 2 saturated heterocycles. The Labute approximate surface area is 130 Å². The lowest BCUT2D eigenvalue weighted by molar-refractivity contribution is -0.195. The van der Waals surface area contributed by atoms with Crippen molar-refractivity contribution in [3.63, 3.8) is 0 Å². The Kier molecular flexibility index (Phi) is 4.59. The summed E-state index contributed by atoms with van der Waals surface area (Å²) in [5.74, 6) is -0.616. The van der Waals surface area contributed by atoms with Crippen molar-refractivity contribution in [2.24, 2.45) is 0 Å². The molecule has 126 valence electrons. The number of carbonyl (C=O) groups is 1. The largest absolute Gasteiger partial charge is 0.450 e. The van der Waals surface area contributed by atoms with E-state index in [0.717, 1.165) is 12.8 Å². The van der Waals surface area contributed by atoms with Gasteiger partial charge in [0.15, 0.2) is 5.79 Å². The van der Waals surface area contributed by atoms with E-state index >= 15 is 0 Å². The quantitative estimate of drug-likeness (QED) is 0.709. The first kappa shape index (κ1) is 16.0. The number of likely N-dealkylation sites (tertiary alicyclic amines) is 1. The second kappa shape index (κ2) is 6.31. The predicted molar refractivity (Wildman–Crippen MR) is 76.5 cm³/mol. The summed E-state index contributed by atoms with van der Waals surface area (Å²) in [6.07, 6.45) is 1.87. The van der Waals surface area contributed by atoms with Gasteiger partial charge in [-0.25, -0.2) is 4.79 Å². The van der Waals surface area contributed by atoms with Gasteiger partial charge >= 0.3 is 6.09 Å². The highest BCUT2D eigenvalue weighted by molar-refractivity contribution is 5.72. The number of ether oxygens (including phenoxy) is 5. The standard InChI is InChI=1S/C15H25NO6/c1-4-20-14(17)16-10-5-6-15(7-11(10)16)21-12(8-18-2)13(22-15)9-19-3/h10-13H,4-9H2,1-3H3/t10?,11?,12-,13-,16?/m1/s1. The molecule has 0 radical (unpaired) electrons. The predicted octanol–water partition coefficient (Wildman–Crippen LogP) is 1.15. The van der Waals surface area contributed by atoms with Gasteiger partial charge in [0.05, 0.1) is 31.9 Å². The summed E-state index contributed by atoms with van der Waals surface area (Å²) in [6, 6.07) is 0.441. The Bertz CT molecular complexity index is 403. The summed E-state index contributed by atoms with van der Waals surface area (Å²) in [7, 11) is 3.30. The highest BCUT2D eigenvalue weighted by Gasteiger charge is 2.62. The topological polar surface area (TPSA) is 66.2 Å². The fourth-order valence-electron chi connectivity index (χ4n) is 3.71. The van der Waals surface area contributed by atoms with E-state index in [0.29, 0.717) is 26.2 Å².